The maximum Gasteiger partial charge on any atom is 0.274 e. The van der Waals surface area contributed by atoms with Crippen LogP contribution in [0.1, 0.15) is 25.5 Å². The van der Waals surface area contributed by atoms with Gasteiger partial charge < -0.3 is 0 Å². The SMILES string of the molecule is CC(C)n1nc(-c2ccc(CNS(N)(=O)=O)cc2)c2ccccc2c1=O. The molecule has 0 radical (unpaired) electrons. The van der Waals surface area contributed by atoms with Crippen LogP contribution in [0.5, 0.6) is 0 Å². The van der Waals surface area contributed by atoms with Crippen molar-refractivity contribution >= 4 is 21.0 Å². The monoisotopic (exact) mass is 372 g/mol. The summed E-state index contributed by atoms with van der Waals surface area (Å²) in [6.45, 7) is 3.93. The van der Waals surface area contributed by atoms with E-state index in [9.17, 15) is 13.2 Å². The van der Waals surface area contributed by atoms with E-state index in [0.717, 1.165) is 16.5 Å². The summed E-state index contributed by atoms with van der Waals surface area (Å²) in [5, 5.41) is 10.9. The first kappa shape index (κ1) is 18.2. The van der Waals surface area contributed by atoms with Gasteiger partial charge in [-0.05, 0) is 25.5 Å². The van der Waals surface area contributed by atoms with E-state index in [1.165, 1.54) is 4.68 Å². The number of aromatic nitrogens is 2. The van der Waals surface area contributed by atoms with Gasteiger partial charge >= 0.3 is 0 Å². The summed E-state index contributed by atoms with van der Waals surface area (Å²) in [6.07, 6.45) is 0. The van der Waals surface area contributed by atoms with Gasteiger partial charge in [-0.1, -0.05) is 42.5 Å². The van der Waals surface area contributed by atoms with E-state index in [4.69, 9.17) is 5.14 Å². The summed E-state index contributed by atoms with van der Waals surface area (Å²) >= 11 is 0. The van der Waals surface area contributed by atoms with Crippen molar-refractivity contribution in [1.29, 1.82) is 0 Å². The third-order valence-corrected chi connectivity index (χ3v) is 4.57. The van der Waals surface area contributed by atoms with E-state index < -0.39 is 10.2 Å². The molecule has 0 saturated carbocycles. The minimum Gasteiger partial charge on any atom is -0.267 e. The minimum atomic E-state index is -3.73. The fourth-order valence-corrected chi connectivity index (χ4v) is 3.10. The maximum absolute atomic E-state index is 12.6. The molecule has 0 fully saturated rings. The fraction of sp³-hybridized carbons (Fsp3) is 0.222. The van der Waals surface area contributed by atoms with Crippen LogP contribution in [0, 0.1) is 0 Å². The molecule has 0 unspecified atom stereocenters. The van der Waals surface area contributed by atoms with Gasteiger partial charge in [0.15, 0.2) is 0 Å². The van der Waals surface area contributed by atoms with E-state index in [0.29, 0.717) is 11.1 Å². The standard InChI is InChI=1S/C18H20N4O3S/c1-12(2)22-18(23)16-6-4-3-5-15(16)17(21-22)14-9-7-13(8-10-14)11-20-26(19,24)25/h3-10,12,20H,11H2,1-2H3,(H2,19,24,25). The van der Waals surface area contributed by atoms with E-state index >= 15 is 0 Å². The molecule has 3 N–H and O–H groups in total. The van der Waals surface area contributed by atoms with Gasteiger partial charge in [-0.3, -0.25) is 4.79 Å². The topological polar surface area (TPSA) is 107 Å². The van der Waals surface area contributed by atoms with Gasteiger partial charge in [0.25, 0.3) is 15.8 Å². The lowest BCUT2D eigenvalue weighted by atomic mass is 10.0. The zero-order valence-corrected chi connectivity index (χ0v) is 15.3. The summed E-state index contributed by atoms with van der Waals surface area (Å²) < 4.78 is 25.7. The molecule has 0 saturated heterocycles. The summed E-state index contributed by atoms with van der Waals surface area (Å²) in [4.78, 5) is 12.6. The van der Waals surface area contributed by atoms with E-state index in [1.54, 1.807) is 18.2 Å². The van der Waals surface area contributed by atoms with Gasteiger partial charge in [0.2, 0.25) is 0 Å². The average Bonchev–Trinajstić information content (AvgIpc) is 2.60. The van der Waals surface area contributed by atoms with Gasteiger partial charge in [-0.2, -0.15) is 18.2 Å². The molecule has 3 rings (SSSR count). The molecule has 3 aromatic rings. The molecule has 2 aromatic carbocycles. The van der Waals surface area contributed by atoms with Crippen molar-refractivity contribution in [3.8, 4) is 11.3 Å². The summed E-state index contributed by atoms with van der Waals surface area (Å²) in [7, 11) is -3.73. The second-order valence-corrected chi connectivity index (χ2v) is 7.68. The average molecular weight is 372 g/mol. The third-order valence-electron chi connectivity index (χ3n) is 4.02. The zero-order valence-electron chi connectivity index (χ0n) is 14.5. The Morgan fingerprint density at radius 1 is 1.08 bits per heavy atom. The summed E-state index contributed by atoms with van der Waals surface area (Å²) in [5.74, 6) is 0. The van der Waals surface area contributed by atoms with Crippen molar-refractivity contribution in [2.75, 3.05) is 0 Å². The third kappa shape index (κ3) is 3.82. The van der Waals surface area contributed by atoms with Gasteiger partial charge in [-0.15, -0.1) is 0 Å². The highest BCUT2D eigenvalue weighted by molar-refractivity contribution is 7.87. The molecule has 1 heterocycles. The molecule has 0 amide bonds. The Morgan fingerprint density at radius 2 is 1.69 bits per heavy atom. The Morgan fingerprint density at radius 3 is 2.27 bits per heavy atom. The number of nitrogens with zero attached hydrogens (tertiary/aromatic N) is 2. The Balaban J connectivity index is 2.08. The van der Waals surface area contributed by atoms with Crippen LogP contribution in [0.3, 0.4) is 0 Å². The molecule has 26 heavy (non-hydrogen) atoms. The van der Waals surface area contributed by atoms with E-state index in [1.807, 2.05) is 44.2 Å². The second kappa shape index (κ2) is 6.99. The van der Waals surface area contributed by atoms with E-state index in [2.05, 4.69) is 9.82 Å². The number of fused-ring (bicyclic) bond motifs is 1. The number of hydrogen-bond acceptors (Lipinski definition) is 4. The number of hydrogen-bond donors (Lipinski definition) is 2. The lowest BCUT2D eigenvalue weighted by molar-refractivity contribution is 0.510. The predicted molar refractivity (Wildman–Crippen MR) is 102 cm³/mol. The zero-order chi connectivity index (χ0) is 18.9. The normalized spacial score (nSPS) is 12.0. The van der Waals surface area contributed by atoms with Crippen LogP contribution in [0.15, 0.2) is 53.3 Å². The van der Waals surface area contributed by atoms with Crippen molar-refractivity contribution in [1.82, 2.24) is 14.5 Å². The van der Waals surface area contributed by atoms with Crippen molar-refractivity contribution in [3.05, 3.63) is 64.4 Å². The molecular formula is C18H20N4O3S. The van der Waals surface area contributed by atoms with Crippen LogP contribution in [0.2, 0.25) is 0 Å². The highest BCUT2D eigenvalue weighted by Crippen LogP contribution is 2.25. The Bertz CT molecular complexity index is 1100. The first-order chi connectivity index (χ1) is 12.3. The number of nitrogens with one attached hydrogen (secondary N) is 1. The molecule has 0 bridgehead atoms. The molecule has 0 aliphatic heterocycles. The molecule has 7 nitrogen and oxygen atoms in total. The van der Waals surface area contributed by atoms with Crippen molar-refractivity contribution in [2.24, 2.45) is 5.14 Å². The largest absolute Gasteiger partial charge is 0.274 e. The van der Waals surface area contributed by atoms with Gasteiger partial charge in [0.05, 0.1) is 17.1 Å². The quantitative estimate of drug-likeness (QED) is 0.713. The van der Waals surface area contributed by atoms with Crippen molar-refractivity contribution < 1.29 is 8.42 Å². The van der Waals surface area contributed by atoms with Gasteiger partial charge in [0.1, 0.15) is 0 Å². The minimum absolute atomic E-state index is 0.0657. The number of rotatable bonds is 5. The Hall–Kier alpha value is -2.55. The van der Waals surface area contributed by atoms with Gasteiger partial charge in [0, 0.05) is 17.5 Å². The smallest absolute Gasteiger partial charge is 0.267 e. The van der Waals surface area contributed by atoms with Crippen molar-refractivity contribution in [2.45, 2.75) is 26.4 Å². The molecule has 0 spiro atoms. The lowest BCUT2D eigenvalue weighted by Crippen LogP contribution is -2.30. The van der Waals surface area contributed by atoms with Crippen LogP contribution in [0.25, 0.3) is 22.0 Å². The highest BCUT2D eigenvalue weighted by atomic mass is 32.2. The lowest BCUT2D eigenvalue weighted by Gasteiger charge is -2.14. The van der Waals surface area contributed by atoms with Crippen LogP contribution >= 0.6 is 0 Å². The number of benzene rings is 2. The first-order valence-corrected chi connectivity index (χ1v) is 9.69. The Labute approximate surface area is 151 Å². The van der Waals surface area contributed by atoms with Crippen LogP contribution in [-0.2, 0) is 16.8 Å². The van der Waals surface area contributed by atoms with Crippen LogP contribution in [0.4, 0.5) is 0 Å². The molecule has 8 heteroatoms. The first-order valence-electron chi connectivity index (χ1n) is 8.14. The fourth-order valence-electron chi connectivity index (χ4n) is 2.73. The maximum atomic E-state index is 12.6. The molecular weight excluding hydrogens is 352 g/mol. The number of nitrogens with two attached hydrogens (primary N) is 1. The van der Waals surface area contributed by atoms with Gasteiger partial charge in [-0.25, -0.2) is 9.82 Å². The second-order valence-electron chi connectivity index (χ2n) is 6.30. The molecule has 0 aliphatic rings. The molecule has 136 valence electrons. The Kier molecular flexibility index (Phi) is 4.90. The summed E-state index contributed by atoms with van der Waals surface area (Å²) in [6, 6.07) is 14.6. The van der Waals surface area contributed by atoms with Crippen molar-refractivity contribution in [3.63, 3.8) is 0 Å². The predicted octanol–water partition coefficient (Wildman–Crippen LogP) is 1.94. The van der Waals surface area contributed by atoms with Crippen LogP contribution < -0.4 is 15.4 Å². The summed E-state index contributed by atoms with van der Waals surface area (Å²) in [5.41, 5.74) is 2.20. The van der Waals surface area contributed by atoms with E-state index in [-0.39, 0.29) is 18.1 Å². The molecule has 1 aromatic heterocycles. The highest BCUT2D eigenvalue weighted by Gasteiger charge is 2.13. The molecule has 0 aliphatic carbocycles. The van der Waals surface area contributed by atoms with Crippen LogP contribution in [-0.4, -0.2) is 18.2 Å². The molecule has 0 atom stereocenters.